The van der Waals surface area contributed by atoms with Crippen molar-refractivity contribution in [2.45, 2.75) is 52.4 Å². The fourth-order valence-electron chi connectivity index (χ4n) is 3.72. The molecular weight excluding hydrogens is 304 g/mol. The molecule has 0 aliphatic heterocycles. The molecule has 0 saturated carbocycles. The van der Waals surface area contributed by atoms with Crippen molar-refractivity contribution in [1.82, 2.24) is 0 Å². The van der Waals surface area contributed by atoms with Gasteiger partial charge in [0.05, 0.1) is 6.61 Å². The van der Waals surface area contributed by atoms with E-state index in [2.05, 4.69) is 68.5 Å². The number of ether oxygens (including phenoxy) is 1. The molecule has 1 aliphatic carbocycles. The van der Waals surface area contributed by atoms with E-state index in [4.69, 9.17) is 4.74 Å². The zero-order valence-electron chi connectivity index (χ0n) is 15.6. The Morgan fingerprint density at radius 1 is 1.04 bits per heavy atom. The maximum Gasteiger partial charge on any atom is 0.119 e. The lowest BCUT2D eigenvalue weighted by molar-refractivity contribution is 0.317. The van der Waals surface area contributed by atoms with E-state index in [1.54, 1.807) is 11.1 Å². The molecule has 0 spiro atoms. The van der Waals surface area contributed by atoms with Gasteiger partial charge < -0.3 is 4.74 Å². The first-order valence-electron chi connectivity index (χ1n) is 9.76. The predicted molar refractivity (Wildman–Crippen MR) is 107 cm³/mol. The molecule has 0 N–H and O–H groups in total. The van der Waals surface area contributed by atoms with E-state index in [9.17, 15) is 0 Å². The summed E-state index contributed by atoms with van der Waals surface area (Å²) < 4.78 is 5.68. The van der Waals surface area contributed by atoms with Crippen LogP contribution in [0.3, 0.4) is 0 Å². The van der Waals surface area contributed by atoms with Crippen LogP contribution in [0, 0.1) is 5.92 Å². The first kappa shape index (κ1) is 17.8. The van der Waals surface area contributed by atoms with Crippen molar-refractivity contribution in [3.63, 3.8) is 0 Å². The molecule has 1 atom stereocenters. The van der Waals surface area contributed by atoms with Crippen molar-refractivity contribution >= 4 is 0 Å². The molecule has 0 bridgehead atoms. The van der Waals surface area contributed by atoms with Crippen LogP contribution in [-0.4, -0.2) is 6.61 Å². The lowest BCUT2D eigenvalue weighted by Gasteiger charge is -2.25. The second kappa shape index (κ2) is 8.89. The molecule has 3 rings (SSSR count). The normalized spacial score (nSPS) is 16.8. The zero-order valence-corrected chi connectivity index (χ0v) is 15.6. The number of fused-ring (bicyclic) bond motifs is 1. The maximum atomic E-state index is 5.68. The summed E-state index contributed by atoms with van der Waals surface area (Å²) in [5.74, 6) is 1.82. The standard InChI is InChI=1S/C24H30O/c1-3-5-6-7-19-8-9-23-18-22(11-10-21(23)17-19)20-12-14-24(15-13-20)25-16-4-2/h3,5,10-15,18-19H,4,6-9,16-17H2,1-2H3/b5-3+. The number of aryl methyl sites for hydroxylation is 1. The lowest BCUT2D eigenvalue weighted by Crippen LogP contribution is -2.14. The van der Waals surface area contributed by atoms with Gasteiger partial charge in [0, 0.05) is 0 Å². The van der Waals surface area contributed by atoms with Gasteiger partial charge in [-0.1, -0.05) is 49.4 Å². The maximum absolute atomic E-state index is 5.68. The van der Waals surface area contributed by atoms with Crippen LogP contribution in [0.15, 0.2) is 54.6 Å². The van der Waals surface area contributed by atoms with Crippen molar-refractivity contribution in [1.29, 1.82) is 0 Å². The van der Waals surface area contributed by atoms with Gasteiger partial charge in [-0.15, -0.1) is 0 Å². The van der Waals surface area contributed by atoms with Crippen LogP contribution in [0.4, 0.5) is 0 Å². The first-order valence-corrected chi connectivity index (χ1v) is 9.76. The highest BCUT2D eigenvalue weighted by atomic mass is 16.5. The fourth-order valence-corrected chi connectivity index (χ4v) is 3.72. The minimum absolute atomic E-state index is 0.785. The van der Waals surface area contributed by atoms with E-state index in [-0.39, 0.29) is 0 Å². The molecular formula is C24H30O. The lowest BCUT2D eigenvalue weighted by atomic mass is 9.80. The summed E-state index contributed by atoms with van der Waals surface area (Å²) in [6.07, 6.45) is 11.9. The van der Waals surface area contributed by atoms with Crippen LogP contribution in [0.25, 0.3) is 11.1 Å². The van der Waals surface area contributed by atoms with Crippen molar-refractivity contribution in [3.8, 4) is 16.9 Å². The number of allylic oxidation sites excluding steroid dienone is 2. The first-order chi connectivity index (χ1) is 12.3. The van der Waals surface area contributed by atoms with Crippen molar-refractivity contribution in [2.75, 3.05) is 6.61 Å². The number of benzene rings is 2. The van der Waals surface area contributed by atoms with Crippen molar-refractivity contribution < 1.29 is 4.74 Å². The van der Waals surface area contributed by atoms with Gasteiger partial charge in [-0.05, 0) is 85.8 Å². The van der Waals surface area contributed by atoms with Gasteiger partial charge in [-0.2, -0.15) is 0 Å². The van der Waals surface area contributed by atoms with E-state index in [0.717, 1.165) is 24.7 Å². The number of hydrogen-bond acceptors (Lipinski definition) is 1. The Labute approximate surface area is 152 Å². The molecule has 0 fully saturated rings. The van der Waals surface area contributed by atoms with Gasteiger partial charge in [-0.25, -0.2) is 0 Å². The Balaban J connectivity index is 1.67. The second-order valence-electron chi connectivity index (χ2n) is 7.11. The Morgan fingerprint density at radius 2 is 1.84 bits per heavy atom. The van der Waals surface area contributed by atoms with Crippen LogP contribution < -0.4 is 4.74 Å². The van der Waals surface area contributed by atoms with Crippen molar-refractivity contribution in [2.24, 2.45) is 5.92 Å². The third-order valence-corrected chi connectivity index (χ3v) is 5.17. The van der Waals surface area contributed by atoms with E-state index in [0.29, 0.717) is 0 Å². The summed E-state index contributed by atoms with van der Waals surface area (Å²) in [5, 5.41) is 0. The van der Waals surface area contributed by atoms with Gasteiger partial charge in [0.2, 0.25) is 0 Å². The minimum Gasteiger partial charge on any atom is -0.494 e. The van der Waals surface area contributed by atoms with Gasteiger partial charge in [0.1, 0.15) is 5.75 Å². The molecule has 132 valence electrons. The smallest absolute Gasteiger partial charge is 0.119 e. The molecule has 0 radical (unpaired) electrons. The molecule has 0 saturated heterocycles. The number of rotatable bonds is 7. The van der Waals surface area contributed by atoms with Gasteiger partial charge in [0.25, 0.3) is 0 Å². The Bertz CT molecular complexity index is 697. The molecule has 1 nitrogen and oxygen atoms in total. The molecule has 1 aliphatic rings. The molecule has 2 aromatic rings. The SMILES string of the molecule is C/C=C/CCC1CCc2cc(-c3ccc(OCCC)cc3)ccc2C1. The van der Waals surface area contributed by atoms with Gasteiger partial charge in [0.15, 0.2) is 0 Å². The Kier molecular flexibility index (Phi) is 6.33. The Morgan fingerprint density at radius 3 is 2.60 bits per heavy atom. The summed E-state index contributed by atoms with van der Waals surface area (Å²) >= 11 is 0. The quantitative estimate of drug-likeness (QED) is 0.518. The van der Waals surface area contributed by atoms with Crippen LogP contribution in [-0.2, 0) is 12.8 Å². The molecule has 0 amide bonds. The third kappa shape index (κ3) is 4.75. The highest BCUT2D eigenvalue weighted by Gasteiger charge is 2.18. The summed E-state index contributed by atoms with van der Waals surface area (Å²) in [6.45, 7) is 5.03. The fraction of sp³-hybridized carbons (Fsp3) is 0.417. The number of hydrogen-bond donors (Lipinski definition) is 0. The predicted octanol–water partition coefficient (Wildman–Crippen LogP) is 6.60. The van der Waals surface area contributed by atoms with Gasteiger partial charge in [-0.3, -0.25) is 0 Å². The highest BCUT2D eigenvalue weighted by Crippen LogP contribution is 2.32. The average molecular weight is 335 g/mol. The minimum atomic E-state index is 0.785. The summed E-state index contributed by atoms with van der Waals surface area (Å²) in [7, 11) is 0. The molecule has 1 heteroatoms. The summed E-state index contributed by atoms with van der Waals surface area (Å²) in [4.78, 5) is 0. The van der Waals surface area contributed by atoms with E-state index >= 15 is 0 Å². The zero-order chi connectivity index (χ0) is 17.5. The van der Waals surface area contributed by atoms with Crippen LogP contribution in [0.1, 0.15) is 50.7 Å². The van der Waals surface area contributed by atoms with E-state index in [1.165, 1.54) is 43.2 Å². The topological polar surface area (TPSA) is 9.23 Å². The summed E-state index contributed by atoms with van der Waals surface area (Å²) in [5.41, 5.74) is 5.71. The molecule has 1 unspecified atom stereocenters. The van der Waals surface area contributed by atoms with Crippen LogP contribution in [0.5, 0.6) is 5.75 Å². The van der Waals surface area contributed by atoms with Crippen LogP contribution in [0.2, 0.25) is 0 Å². The van der Waals surface area contributed by atoms with Crippen LogP contribution >= 0.6 is 0 Å². The third-order valence-electron chi connectivity index (χ3n) is 5.17. The molecule has 25 heavy (non-hydrogen) atoms. The van der Waals surface area contributed by atoms with Crippen molar-refractivity contribution in [3.05, 3.63) is 65.7 Å². The monoisotopic (exact) mass is 334 g/mol. The Hall–Kier alpha value is -2.02. The summed E-state index contributed by atoms with van der Waals surface area (Å²) in [6, 6.07) is 15.6. The van der Waals surface area contributed by atoms with Gasteiger partial charge >= 0.3 is 0 Å². The molecule has 2 aromatic carbocycles. The molecule has 0 aromatic heterocycles. The molecule has 0 heterocycles. The highest BCUT2D eigenvalue weighted by molar-refractivity contribution is 5.65. The van der Waals surface area contributed by atoms with E-state index in [1.807, 2.05) is 0 Å². The average Bonchev–Trinajstić information content (AvgIpc) is 2.66. The van der Waals surface area contributed by atoms with E-state index < -0.39 is 0 Å². The largest absolute Gasteiger partial charge is 0.494 e. The second-order valence-corrected chi connectivity index (χ2v) is 7.11.